The van der Waals surface area contributed by atoms with E-state index in [0.29, 0.717) is 5.92 Å². The highest BCUT2D eigenvalue weighted by molar-refractivity contribution is 7.99. The van der Waals surface area contributed by atoms with Gasteiger partial charge in [0.15, 0.2) is 0 Å². The summed E-state index contributed by atoms with van der Waals surface area (Å²) in [5, 5.41) is 3.44. The van der Waals surface area contributed by atoms with Gasteiger partial charge in [-0.05, 0) is 19.4 Å². The van der Waals surface area contributed by atoms with E-state index >= 15 is 0 Å². The Bertz CT molecular complexity index is 402. The summed E-state index contributed by atoms with van der Waals surface area (Å²) in [6.07, 6.45) is 1.98. The van der Waals surface area contributed by atoms with Crippen molar-refractivity contribution in [1.82, 2.24) is 15.3 Å². The maximum atomic E-state index is 4.66. The fourth-order valence-corrected chi connectivity index (χ4v) is 2.97. The molecule has 0 aliphatic carbocycles. The molecule has 1 aromatic rings. The summed E-state index contributed by atoms with van der Waals surface area (Å²) in [4.78, 5) is 11.5. The molecule has 4 nitrogen and oxygen atoms in total. The minimum absolute atomic E-state index is 0.673. The van der Waals surface area contributed by atoms with Crippen LogP contribution in [-0.2, 0) is 6.54 Å². The molecule has 2 heterocycles. The SMILES string of the molecule is Cc1nc(N2CCSCC2)ncc1CNCC(C)C. The molecule has 0 bridgehead atoms. The Morgan fingerprint density at radius 2 is 2.11 bits per heavy atom. The number of aromatic nitrogens is 2. The first-order chi connectivity index (χ1) is 9.16. The molecule has 0 atom stereocenters. The van der Waals surface area contributed by atoms with Gasteiger partial charge in [-0.2, -0.15) is 11.8 Å². The average Bonchev–Trinajstić information content (AvgIpc) is 2.41. The first-order valence-corrected chi connectivity index (χ1v) is 8.18. The van der Waals surface area contributed by atoms with E-state index in [9.17, 15) is 0 Å². The van der Waals surface area contributed by atoms with Gasteiger partial charge in [0, 0.05) is 48.6 Å². The van der Waals surface area contributed by atoms with Crippen LogP contribution >= 0.6 is 11.8 Å². The predicted molar refractivity (Wildman–Crippen MR) is 82.9 cm³/mol. The Labute approximate surface area is 120 Å². The number of nitrogens with one attached hydrogen (secondary N) is 1. The Morgan fingerprint density at radius 1 is 1.37 bits per heavy atom. The van der Waals surface area contributed by atoms with Crippen molar-refractivity contribution in [2.75, 3.05) is 36.0 Å². The third-order valence-electron chi connectivity index (χ3n) is 3.23. The molecule has 0 radical (unpaired) electrons. The molecule has 106 valence electrons. The van der Waals surface area contributed by atoms with Gasteiger partial charge in [0.2, 0.25) is 5.95 Å². The number of nitrogens with zero attached hydrogens (tertiary/aromatic N) is 3. The van der Waals surface area contributed by atoms with Gasteiger partial charge < -0.3 is 10.2 Å². The molecular formula is C14H24N4S. The van der Waals surface area contributed by atoms with Crippen LogP contribution in [-0.4, -0.2) is 41.1 Å². The molecule has 0 aromatic carbocycles. The smallest absolute Gasteiger partial charge is 0.225 e. The van der Waals surface area contributed by atoms with Crippen molar-refractivity contribution in [3.05, 3.63) is 17.5 Å². The van der Waals surface area contributed by atoms with Crippen molar-refractivity contribution >= 4 is 17.7 Å². The highest BCUT2D eigenvalue weighted by Crippen LogP contribution is 2.16. The third-order valence-corrected chi connectivity index (χ3v) is 4.17. The molecule has 2 rings (SSSR count). The van der Waals surface area contributed by atoms with E-state index in [0.717, 1.165) is 37.8 Å². The fourth-order valence-electron chi connectivity index (χ4n) is 2.06. The van der Waals surface area contributed by atoms with E-state index in [1.807, 2.05) is 18.0 Å². The highest BCUT2D eigenvalue weighted by atomic mass is 32.2. The van der Waals surface area contributed by atoms with Gasteiger partial charge in [-0.25, -0.2) is 9.97 Å². The van der Waals surface area contributed by atoms with Crippen LogP contribution in [0.3, 0.4) is 0 Å². The molecule has 1 aromatic heterocycles. The summed E-state index contributed by atoms with van der Waals surface area (Å²) < 4.78 is 0. The minimum Gasteiger partial charge on any atom is -0.339 e. The molecular weight excluding hydrogens is 256 g/mol. The van der Waals surface area contributed by atoms with Gasteiger partial charge in [0.25, 0.3) is 0 Å². The lowest BCUT2D eigenvalue weighted by Crippen LogP contribution is -2.34. The first-order valence-electron chi connectivity index (χ1n) is 7.02. The minimum atomic E-state index is 0.673. The molecule has 1 saturated heterocycles. The predicted octanol–water partition coefficient (Wildman–Crippen LogP) is 2.08. The van der Waals surface area contributed by atoms with Gasteiger partial charge in [-0.3, -0.25) is 0 Å². The summed E-state index contributed by atoms with van der Waals surface area (Å²) in [7, 11) is 0. The summed E-state index contributed by atoms with van der Waals surface area (Å²) in [5.74, 6) is 3.93. The molecule has 5 heteroatoms. The Kier molecular flexibility index (Phi) is 5.45. The second-order valence-electron chi connectivity index (χ2n) is 5.40. The molecule has 0 saturated carbocycles. The zero-order valence-corrected chi connectivity index (χ0v) is 13.0. The number of aryl methyl sites for hydroxylation is 1. The van der Waals surface area contributed by atoms with Crippen LogP contribution < -0.4 is 10.2 Å². The van der Waals surface area contributed by atoms with E-state index in [-0.39, 0.29) is 0 Å². The van der Waals surface area contributed by atoms with Crippen molar-refractivity contribution in [2.45, 2.75) is 27.3 Å². The fraction of sp³-hybridized carbons (Fsp3) is 0.714. The van der Waals surface area contributed by atoms with Crippen molar-refractivity contribution in [3.63, 3.8) is 0 Å². The van der Waals surface area contributed by atoms with Crippen LogP contribution in [0.5, 0.6) is 0 Å². The molecule has 19 heavy (non-hydrogen) atoms. The summed E-state index contributed by atoms with van der Waals surface area (Å²) >= 11 is 2.01. The number of hydrogen-bond acceptors (Lipinski definition) is 5. The molecule has 1 fully saturated rings. The van der Waals surface area contributed by atoms with Crippen LogP contribution in [0, 0.1) is 12.8 Å². The molecule has 0 spiro atoms. The lowest BCUT2D eigenvalue weighted by atomic mass is 10.2. The summed E-state index contributed by atoms with van der Waals surface area (Å²) in [6.45, 7) is 10.5. The second kappa shape index (κ2) is 7.10. The van der Waals surface area contributed by atoms with Gasteiger partial charge in [-0.15, -0.1) is 0 Å². The normalized spacial score (nSPS) is 16.1. The Balaban J connectivity index is 1.96. The number of thioether (sulfide) groups is 1. The van der Waals surface area contributed by atoms with Gasteiger partial charge in [0.1, 0.15) is 0 Å². The quantitative estimate of drug-likeness (QED) is 0.894. The van der Waals surface area contributed by atoms with Gasteiger partial charge in [-0.1, -0.05) is 13.8 Å². The first kappa shape index (κ1) is 14.6. The number of hydrogen-bond donors (Lipinski definition) is 1. The zero-order valence-electron chi connectivity index (χ0n) is 12.1. The molecule has 0 unspecified atom stereocenters. The molecule has 0 amide bonds. The van der Waals surface area contributed by atoms with Crippen LogP contribution in [0.15, 0.2) is 6.20 Å². The second-order valence-corrected chi connectivity index (χ2v) is 6.63. The number of anilines is 1. The summed E-state index contributed by atoms with van der Waals surface area (Å²) in [5.41, 5.74) is 2.30. The van der Waals surface area contributed by atoms with E-state index in [1.54, 1.807) is 0 Å². The summed E-state index contributed by atoms with van der Waals surface area (Å²) in [6, 6.07) is 0. The monoisotopic (exact) mass is 280 g/mol. The van der Waals surface area contributed by atoms with Crippen LogP contribution in [0.4, 0.5) is 5.95 Å². The average molecular weight is 280 g/mol. The maximum Gasteiger partial charge on any atom is 0.225 e. The van der Waals surface area contributed by atoms with Gasteiger partial charge >= 0.3 is 0 Å². The van der Waals surface area contributed by atoms with Crippen molar-refractivity contribution < 1.29 is 0 Å². The van der Waals surface area contributed by atoms with Crippen molar-refractivity contribution in [3.8, 4) is 0 Å². The lowest BCUT2D eigenvalue weighted by Gasteiger charge is -2.26. The van der Waals surface area contributed by atoms with Crippen LogP contribution in [0.1, 0.15) is 25.1 Å². The van der Waals surface area contributed by atoms with Crippen molar-refractivity contribution in [2.24, 2.45) is 5.92 Å². The van der Waals surface area contributed by atoms with Crippen LogP contribution in [0.2, 0.25) is 0 Å². The molecule has 1 aliphatic heterocycles. The largest absolute Gasteiger partial charge is 0.339 e. The van der Waals surface area contributed by atoms with E-state index in [4.69, 9.17) is 0 Å². The number of rotatable bonds is 5. The van der Waals surface area contributed by atoms with Crippen LogP contribution in [0.25, 0.3) is 0 Å². The van der Waals surface area contributed by atoms with E-state index < -0.39 is 0 Å². The lowest BCUT2D eigenvalue weighted by molar-refractivity contribution is 0.550. The van der Waals surface area contributed by atoms with E-state index in [2.05, 4.69) is 41.0 Å². The maximum absolute atomic E-state index is 4.66. The zero-order chi connectivity index (χ0) is 13.7. The molecule has 1 aliphatic rings. The van der Waals surface area contributed by atoms with E-state index in [1.165, 1.54) is 17.1 Å². The Hall–Kier alpha value is -0.810. The standard InChI is InChI=1S/C14H24N4S/c1-11(2)8-15-9-13-10-16-14(17-12(13)3)18-4-6-19-7-5-18/h10-11,15H,4-9H2,1-3H3. The molecule has 1 N–H and O–H groups in total. The third kappa shape index (κ3) is 4.35. The topological polar surface area (TPSA) is 41.1 Å². The van der Waals surface area contributed by atoms with Crippen molar-refractivity contribution in [1.29, 1.82) is 0 Å². The Morgan fingerprint density at radius 3 is 2.74 bits per heavy atom. The highest BCUT2D eigenvalue weighted by Gasteiger charge is 2.14. The van der Waals surface area contributed by atoms with Gasteiger partial charge in [0.05, 0.1) is 0 Å².